The lowest BCUT2D eigenvalue weighted by Gasteiger charge is -2.52. The van der Waals surface area contributed by atoms with Crippen LogP contribution in [0.2, 0.25) is 0 Å². The Hall–Kier alpha value is -0.930. The van der Waals surface area contributed by atoms with Crippen molar-refractivity contribution in [3.05, 3.63) is 29.6 Å². The molecule has 1 aromatic rings. The van der Waals surface area contributed by atoms with E-state index in [1.807, 2.05) is 6.20 Å². The third-order valence-corrected chi connectivity index (χ3v) is 5.13. The van der Waals surface area contributed by atoms with Gasteiger partial charge in [-0.25, -0.2) is 0 Å². The first kappa shape index (κ1) is 15.0. The molecule has 0 N–H and O–H groups in total. The Kier molecular flexibility index (Phi) is 4.32. The van der Waals surface area contributed by atoms with Crippen LogP contribution in [0.4, 0.5) is 0 Å². The molecule has 1 saturated heterocycles. The Bertz CT molecular complexity index is 470. The molecule has 2 fully saturated rings. The summed E-state index contributed by atoms with van der Waals surface area (Å²) in [7, 11) is 2.24. The second-order valence-electron chi connectivity index (χ2n) is 7.43. The van der Waals surface area contributed by atoms with Gasteiger partial charge in [-0.15, -0.1) is 0 Å². The molecule has 1 aliphatic heterocycles. The van der Waals surface area contributed by atoms with Gasteiger partial charge in [0, 0.05) is 25.5 Å². The Morgan fingerprint density at radius 3 is 2.62 bits per heavy atom. The third-order valence-electron chi connectivity index (χ3n) is 5.13. The molecule has 0 amide bonds. The molecule has 1 spiro atoms. The van der Waals surface area contributed by atoms with E-state index in [2.05, 4.69) is 43.0 Å². The largest absolute Gasteiger partial charge is 0.374 e. The van der Waals surface area contributed by atoms with Crippen LogP contribution in [0.25, 0.3) is 0 Å². The van der Waals surface area contributed by atoms with Gasteiger partial charge in [0.1, 0.15) is 0 Å². The average molecular weight is 288 g/mol. The van der Waals surface area contributed by atoms with E-state index >= 15 is 0 Å². The molecule has 3 rings (SSSR count). The van der Waals surface area contributed by atoms with E-state index in [4.69, 9.17) is 4.74 Å². The van der Waals surface area contributed by atoms with Crippen LogP contribution < -0.4 is 0 Å². The highest BCUT2D eigenvalue weighted by atomic mass is 16.5. The molecule has 3 heteroatoms. The number of hydrogen-bond donors (Lipinski definition) is 0. The normalized spacial score (nSPS) is 22.7. The van der Waals surface area contributed by atoms with E-state index in [0.29, 0.717) is 17.9 Å². The average Bonchev–Trinajstić information content (AvgIpc) is 2.45. The van der Waals surface area contributed by atoms with Crippen LogP contribution in [0.1, 0.15) is 56.6 Å². The predicted octanol–water partition coefficient (Wildman–Crippen LogP) is 3.60. The molecule has 3 nitrogen and oxygen atoms in total. The maximum atomic E-state index is 5.70. The number of pyridine rings is 1. The van der Waals surface area contributed by atoms with Crippen molar-refractivity contribution >= 4 is 0 Å². The molecule has 2 aliphatic rings. The Morgan fingerprint density at radius 2 is 2.00 bits per heavy atom. The summed E-state index contributed by atoms with van der Waals surface area (Å²) in [4.78, 5) is 6.88. The van der Waals surface area contributed by atoms with Crippen LogP contribution >= 0.6 is 0 Å². The number of hydrogen-bond acceptors (Lipinski definition) is 3. The standard InChI is InChI=1S/C18H28N2O/c1-14(2)21-11-15-8-17(10-19-9-15)16-4-6-18(7-5-16)12-20(3)13-18/h8-10,14,16H,4-7,11-13H2,1-3H3. The summed E-state index contributed by atoms with van der Waals surface area (Å²) < 4.78 is 5.70. The van der Waals surface area contributed by atoms with E-state index in [9.17, 15) is 0 Å². The summed E-state index contributed by atoms with van der Waals surface area (Å²) in [5.41, 5.74) is 3.28. The summed E-state index contributed by atoms with van der Waals surface area (Å²) in [5.74, 6) is 0.702. The fraction of sp³-hybridized carbons (Fsp3) is 0.722. The third kappa shape index (κ3) is 3.46. The number of rotatable bonds is 4. The van der Waals surface area contributed by atoms with Crippen LogP contribution in [0.15, 0.2) is 18.5 Å². The summed E-state index contributed by atoms with van der Waals surface area (Å²) in [6.45, 7) is 7.45. The molecular formula is C18H28N2O. The van der Waals surface area contributed by atoms with Gasteiger partial charge in [0.2, 0.25) is 0 Å². The predicted molar refractivity (Wildman–Crippen MR) is 85.3 cm³/mol. The molecule has 1 aromatic heterocycles. The van der Waals surface area contributed by atoms with Gasteiger partial charge in [-0.3, -0.25) is 4.98 Å². The second-order valence-corrected chi connectivity index (χ2v) is 7.43. The number of likely N-dealkylation sites (tertiary alicyclic amines) is 1. The SMILES string of the molecule is CC(C)OCc1cncc(C2CCC3(CC2)CN(C)C3)c1. The van der Waals surface area contributed by atoms with Gasteiger partial charge >= 0.3 is 0 Å². The van der Waals surface area contributed by atoms with Gasteiger partial charge in [-0.05, 0) is 69.0 Å². The summed E-state index contributed by atoms with van der Waals surface area (Å²) in [6, 6.07) is 2.31. The van der Waals surface area contributed by atoms with Crippen molar-refractivity contribution in [2.75, 3.05) is 20.1 Å². The zero-order valence-corrected chi connectivity index (χ0v) is 13.6. The van der Waals surface area contributed by atoms with E-state index in [1.54, 1.807) is 0 Å². The van der Waals surface area contributed by atoms with E-state index < -0.39 is 0 Å². The van der Waals surface area contributed by atoms with Gasteiger partial charge in [0.15, 0.2) is 0 Å². The number of ether oxygens (including phenoxy) is 1. The monoisotopic (exact) mass is 288 g/mol. The highest BCUT2D eigenvalue weighted by Gasteiger charge is 2.43. The molecule has 1 saturated carbocycles. The van der Waals surface area contributed by atoms with E-state index in [1.165, 1.54) is 49.9 Å². The van der Waals surface area contributed by atoms with Gasteiger partial charge in [0.25, 0.3) is 0 Å². The van der Waals surface area contributed by atoms with Gasteiger partial charge in [-0.1, -0.05) is 6.07 Å². The summed E-state index contributed by atoms with van der Waals surface area (Å²) in [5, 5.41) is 0. The van der Waals surface area contributed by atoms with Gasteiger partial charge < -0.3 is 9.64 Å². The lowest BCUT2D eigenvalue weighted by molar-refractivity contribution is -0.0138. The Morgan fingerprint density at radius 1 is 1.29 bits per heavy atom. The second kappa shape index (κ2) is 6.05. The molecule has 0 unspecified atom stereocenters. The first-order chi connectivity index (χ1) is 10.1. The van der Waals surface area contributed by atoms with Crippen LogP contribution in [-0.4, -0.2) is 36.1 Å². The van der Waals surface area contributed by atoms with E-state index in [-0.39, 0.29) is 6.10 Å². The molecular weight excluding hydrogens is 260 g/mol. The van der Waals surface area contributed by atoms with Crippen LogP contribution in [0, 0.1) is 5.41 Å². The first-order valence-electron chi connectivity index (χ1n) is 8.30. The first-order valence-corrected chi connectivity index (χ1v) is 8.30. The topological polar surface area (TPSA) is 25.4 Å². The smallest absolute Gasteiger partial charge is 0.0735 e. The lowest BCUT2D eigenvalue weighted by Crippen LogP contribution is -2.55. The summed E-state index contributed by atoms with van der Waals surface area (Å²) >= 11 is 0. The summed E-state index contributed by atoms with van der Waals surface area (Å²) in [6.07, 6.45) is 9.70. The molecule has 0 bridgehead atoms. The van der Waals surface area contributed by atoms with Crippen molar-refractivity contribution in [3.63, 3.8) is 0 Å². The minimum atomic E-state index is 0.277. The fourth-order valence-corrected chi connectivity index (χ4v) is 4.05. The fourth-order valence-electron chi connectivity index (χ4n) is 4.05. The Balaban J connectivity index is 1.59. The van der Waals surface area contributed by atoms with Crippen molar-refractivity contribution in [2.24, 2.45) is 5.41 Å². The molecule has 0 radical (unpaired) electrons. The molecule has 2 heterocycles. The minimum absolute atomic E-state index is 0.277. The van der Waals surface area contributed by atoms with Crippen molar-refractivity contribution in [3.8, 4) is 0 Å². The highest BCUT2D eigenvalue weighted by molar-refractivity contribution is 5.22. The Labute approximate surface area is 128 Å². The van der Waals surface area contributed by atoms with Gasteiger partial charge in [0.05, 0.1) is 12.7 Å². The van der Waals surface area contributed by atoms with Crippen LogP contribution in [0.3, 0.4) is 0 Å². The molecule has 116 valence electrons. The number of aromatic nitrogens is 1. The van der Waals surface area contributed by atoms with Crippen molar-refractivity contribution < 1.29 is 4.74 Å². The number of nitrogens with zero attached hydrogens (tertiary/aromatic N) is 2. The molecule has 1 aliphatic carbocycles. The quantitative estimate of drug-likeness (QED) is 0.846. The lowest BCUT2D eigenvalue weighted by atomic mass is 9.65. The zero-order chi connectivity index (χ0) is 14.9. The maximum Gasteiger partial charge on any atom is 0.0735 e. The van der Waals surface area contributed by atoms with E-state index in [0.717, 1.165) is 0 Å². The minimum Gasteiger partial charge on any atom is -0.374 e. The highest BCUT2D eigenvalue weighted by Crippen LogP contribution is 2.47. The molecule has 0 atom stereocenters. The molecule has 21 heavy (non-hydrogen) atoms. The maximum absolute atomic E-state index is 5.70. The van der Waals surface area contributed by atoms with Crippen LogP contribution in [-0.2, 0) is 11.3 Å². The van der Waals surface area contributed by atoms with Gasteiger partial charge in [-0.2, -0.15) is 0 Å². The zero-order valence-electron chi connectivity index (χ0n) is 13.6. The van der Waals surface area contributed by atoms with Crippen molar-refractivity contribution in [1.29, 1.82) is 0 Å². The molecule has 0 aromatic carbocycles. The van der Waals surface area contributed by atoms with Crippen molar-refractivity contribution in [2.45, 2.75) is 58.2 Å². The van der Waals surface area contributed by atoms with Crippen LogP contribution in [0.5, 0.6) is 0 Å². The van der Waals surface area contributed by atoms with Crippen molar-refractivity contribution in [1.82, 2.24) is 9.88 Å².